The van der Waals surface area contributed by atoms with Gasteiger partial charge in [0, 0.05) is 18.2 Å². The Kier molecular flexibility index (Phi) is 7.99. The Hall–Kier alpha value is -0.840. The molecule has 0 spiro atoms. The van der Waals surface area contributed by atoms with Crippen molar-refractivity contribution in [2.45, 2.75) is 38.3 Å². The lowest BCUT2D eigenvalue weighted by molar-refractivity contribution is -0.125. The minimum atomic E-state index is -0.0412. The molecule has 19 heavy (non-hydrogen) atoms. The van der Waals surface area contributed by atoms with Crippen LogP contribution in [-0.2, 0) is 4.79 Å². The first-order valence-corrected chi connectivity index (χ1v) is 6.13. The second-order valence-corrected chi connectivity index (χ2v) is 4.75. The van der Waals surface area contributed by atoms with Gasteiger partial charge in [-0.2, -0.15) is 0 Å². The first-order chi connectivity index (χ1) is 8.16. The summed E-state index contributed by atoms with van der Waals surface area (Å²) in [5.74, 6) is 0.187. The van der Waals surface area contributed by atoms with E-state index in [1.165, 1.54) is 0 Å². The molecule has 1 aromatic rings. The number of pyridine rings is 1. The van der Waals surface area contributed by atoms with E-state index in [-0.39, 0.29) is 48.7 Å². The molecule has 1 aromatic heterocycles. The number of aromatic nitrogens is 1. The van der Waals surface area contributed by atoms with Crippen molar-refractivity contribution in [2.24, 2.45) is 11.7 Å². The molecule has 3 atom stereocenters. The molecule has 1 aliphatic rings. The number of amides is 1. The van der Waals surface area contributed by atoms with E-state index < -0.39 is 0 Å². The van der Waals surface area contributed by atoms with Crippen molar-refractivity contribution in [2.75, 3.05) is 0 Å². The third kappa shape index (κ3) is 4.97. The molecule has 3 unspecified atom stereocenters. The van der Waals surface area contributed by atoms with Crippen molar-refractivity contribution in [1.29, 1.82) is 0 Å². The van der Waals surface area contributed by atoms with Crippen molar-refractivity contribution in [1.82, 2.24) is 10.3 Å². The maximum atomic E-state index is 12.0. The lowest BCUT2D eigenvalue weighted by Gasteiger charge is -2.16. The maximum Gasteiger partial charge on any atom is 0.223 e. The highest BCUT2D eigenvalue weighted by Crippen LogP contribution is 2.24. The molecule has 3 N–H and O–H groups in total. The lowest BCUT2D eigenvalue weighted by atomic mass is 10.1. The molecule has 0 bridgehead atoms. The van der Waals surface area contributed by atoms with Gasteiger partial charge < -0.3 is 11.1 Å². The molecule has 0 aliphatic heterocycles. The van der Waals surface area contributed by atoms with Crippen molar-refractivity contribution in [3.63, 3.8) is 0 Å². The van der Waals surface area contributed by atoms with Gasteiger partial charge in [0.05, 0.1) is 11.7 Å². The standard InChI is InChI=1S/C13H19N3O.2ClH/c1-9(12-4-2-3-7-15-12)16-13(17)10-5-6-11(14)8-10;;/h2-4,7,9-11H,5-6,8,14H2,1H3,(H,16,17);2*1H. The second kappa shape index (κ2) is 8.35. The van der Waals surface area contributed by atoms with Crippen LogP contribution in [0.1, 0.15) is 37.9 Å². The number of nitrogens with zero attached hydrogens (tertiary/aromatic N) is 1. The molecule has 2 rings (SSSR count). The first-order valence-electron chi connectivity index (χ1n) is 6.13. The zero-order valence-electron chi connectivity index (χ0n) is 10.9. The number of carbonyl (C=O) groups is 1. The van der Waals surface area contributed by atoms with Crippen LogP contribution < -0.4 is 11.1 Å². The van der Waals surface area contributed by atoms with Crippen LogP contribution in [0.15, 0.2) is 24.4 Å². The number of rotatable bonds is 3. The van der Waals surface area contributed by atoms with Crippen LogP contribution in [0.2, 0.25) is 0 Å². The van der Waals surface area contributed by atoms with Crippen LogP contribution >= 0.6 is 24.8 Å². The van der Waals surface area contributed by atoms with Gasteiger partial charge in [0.2, 0.25) is 5.91 Å². The average Bonchev–Trinajstić information content (AvgIpc) is 2.77. The topological polar surface area (TPSA) is 68.0 Å². The third-order valence-electron chi connectivity index (χ3n) is 3.33. The highest BCUT2D eigenvalue weighted by atomic mass is 35.5. The number of hydrogen-bond acceptors (Lipinski definition) is 3. The SMILES string of the molecule is CC(NC(=O)C1CCC(N)C1)c1ccccn1.Cl.Cl. The number of carbonyl (C=O) groups excluding carboxylic acids is 1. The van der Waals surface area contributed by atoms with Crippen molar-refractivity contribution < 1.29 is 4.79 Å². The van der Waals surface area contributed by atoms with E-state index in [2.05, 4.69) is 10.3 Å². The fourth-order valence-corrected chi connectivity index (χ4v) is 2.29. The first kappa shape index (κ1) is 18.2. The summed E-state index contributed by atoms with van der Waals surface area (Å²) >= 11 is 0. The molecule has 1 aliphatic carbocycles. The van der Waals surface area contributed by atoms with Crippen LogP contribution in [0.25, 0.3) is 0 Å². The van der Waals surface area contributed by atoms with Gasteiger partial charge in [-0.3, -0.25) is 9.78 Å². The molecule has 6 heteroatoms. The highest BCUT2D eigenvalue weighted by molar-refractivity contribution is 5.85. The maximum absolute atomic E-state index is 12.0. The molecular weight excluding hydrogens is 285 g/mol. The summed E-state index contributed by atoms with van der Waals surface area (Å²) in [6.45, 7) is 1.95. The van der Waals surface area contributed by atoms with Gasteiger partial charge in [0.15, 0.2) is 0 Å². The van der Waals surface area contributed by atoms with Crippen LogP contribution in [-0.4, -0.2) is 16.9 Å². The second-order valence-electron chi connectivity index (χ2n) is 4.75. The minimum absolute atomic E-state index is 0. The monoisotopic (exact) mass is 305 g/mol. The van der Waals surface area contributed by atoms with E-state index in [9.17, 15) is 4.79 Å². The Morgan fingerprint density at radius 1 is 1.42 bits per heavy atom. The van der Waals surface area contributed by atoms with Gasteiger partial charge in [0.1, 0.15) is 0 Å². The summed E-state index contributed by atoms with van der Waals surface area (Å²) < 4.78 is 0. The largest absolute Gasteiger partial charge is 0.348 e. The van der Waals surface area contributed by atoms with Crippen LogP contribution in [0.5, 0.6) is 0 Å². The predicted molar refractivity (Wildman–Crippen MR) is 80.6 cm³/mol. The van der Waals surface area contributed by atoms with Crippen molar-refractivity contribution in [3.8, 4) is 0 Å². The van der Waals surface area contributed by atoms with Gasteiger partial charge in [-0.15, -0.1) is 24.8 Å². The van der Waals surface area contributed by atoms with Gasteiger partial charge >= 0.3 is 0 Å². The molecule has 1 fully saturated rings. The Balaban J connectivity index is 0.00000162. The van der Waals surface area contributed by atoms with Gasteiger partial charge in [-0.05, 0) is 38.3 Å². The van der Waals surface area contributed by atoms with Crippen LogP contribution in [0, 0.1) is 5.92 Å². The Bertz CT molecular complexity index is 389. The third-order valence-corrected chi connectivity index (χ3v) is 3.33. The molecule has 1 heterocycles. The number of nitrogens with two attached hydrogens (primary N) is 1. The molecule has 0 radical (unpaired) electrons. The van der Waals surface area contributed by atoms with Crippen LogP contribution in [0.3, 0.4) is 0 Å². The fourth-order valence-electron chi connectivity index (χ4n) is 2.29. The van der Waals surface area contributed by atoms with Gasteiger partial charge in [0.25, 0.3) is 0 Å². The van der Waals surface area contributed by atoms with E-state index >= 15 is 0 Å². The van der Waals surface area contributed by atoms with Gasteiger partial charge in [-0.25, -0.2) is 0 Å². The Labute approximate surface area is 126 Å². The smallest absolute Gasteiger partial charge is 0.223 e. The molecule has 108 valence electrons. The Morgan fingerprint density at radius 3 is 2.68 bits per heavy atom. The van der Waals surface area contributed by atoms with E-state index in [4.69, 9.17) is 5.73 Å². The lowest BCUT2D eigenvalue weighted by Crippen LogP contribution is -2.32. The van der Waals surface area contributed by atoms with E-state index in [0.717, 1.165) is 25.0 Å². The minimum Gasteiger partial charge on any atom is -0.348 e. The van der Waals surface area contributed by atoms with Crippen molar-refractivity contribution in [3.05, 3.63) is 30.1 Å². The molecule has 1 saturated carbocycles. The molecule has 0 aromatic carbocycles. The summed E-state index contributed by atoms with van der Waals surface area (Å²) in [4.78, 5) is 16.2. The fraction of sp³-hybridized carbons (Fsp3) is 0.538. The molecule has 1 amide bonds. The highest BCUT2D eigenvalue weighted by Gasteiger charge is 2.28. The normalized spacial score (nSPS) is 22.8. The van der Waals surface area contributed by atoms with E-state index in [1.54, 1.807) is 6.20 Å². The quantitative estimate of drug-likeness (QED) is 0.900. The molecule has 4 nitrogen and oxygen atoms in total. The Morgan fingerprint density at radius 2 is 2.16 bits per heavy atom. The predicted octanol–water partition coefficient (Wildman–Crippen LogP) is 2.23. The number of hydrogen-bond donors (Lipinski definition) is 2. The zero-order chi connectivity index (χ0) is 12.3. The summed E-state index contributed by atoms with van der Waals surface area (Å²) in [6, 6.07) is 5.87. The average molecular weight is 306 g/mol. The summed E-state index contributed by atoms with van der Waals surface area (Å²) in [6.07, 6.45) is 4.40. The van der Waals surface area contributed by atoms with Crippen LogP contribution in [0.4, 0.5) is 0 Å². The number of nitrogens with one attached hydrogen (secondary N) is 1. The zero-order valence-corrected chi connectivity index (χ0v) is 12.5. The van der Waals surface area contributed by atoms with E-state index in [0.29, 0.717) is 0 Å². The van der Waals surface area contributed by atoms with Gasteiger partial charge in [-0.1, -0.05) is 6.07 Å². The summed E-state index contributed by atoms with van der Waals surface area (Å²) in [5, 5.41) is 3.00. The molecule has 0 saturated heterocycles. The van der Waals surface area contributed by atoms with E-state index in [1.807, 2.05) is 25.1 Å². The summed E-state index contributed by atoms with van der Waals surface area (Å²) in [5.41, 5.74) is 6.70. The molecular formula is C13H21Cl2N3O. The summed E-state index contributed by atoms with van der Waals surface area (Å²) in [7, 11) is 0. The number of halogens is 2. The van der Waals surface area contributed by atoms with Crippen molar-refractivity contribution >= 4 is 30.7 Å².